The van der Waals surface area contributed by atoms with Gasteiger partial charge in [0.1, 0.15) is 0 Å². The molecule has 1 fully saturated rings. The first-order valence-electron chi connectivity index (χ1n) is 7.41. The Morgan fingerprint density at radius 2 is 2.10 bits per heavy atom. The fraction of sp³-hybridized carbons (Fsp3) is 0.529. The van der Waals surface area contributed by atoms with Crippen molar-refractivity contribution in [3.05, 3.63) is 41.0 Å². The number of aliphatic hydroxyl groups is 1. The monoisotopic (exact) mass is 274 g/mol. The molecule has 0 radical (unpaired) electrons. The number of fused-ring (bicyclic) bond motifs is 1. The Balaban J connectivity index is 1.93. The summed E-state index contributed by atoms with van der Waals surface area (Å²) >= 11 is 0. The van der Waals surface area contributed by atoms with E-state index < -0.39 is 6.29 Å². The van der Waals surface area contributed by atoms with Crippen molar-refractivity contribution in [3.8, 4) is 0 Å². The van der Waals surface area contributed by atoms with Crippen molar-refractivity contribution >= 4 is 5.57 Å². The second-order valence-electron chi connectivity index (χ2n) is 5.59. The van der Waals surface area contributed by atoms with Crippen LogP contribution in [0.1, 0.15) is 42.2 Å². The van der Waals surface area contributed by atoms with Gasteiger partial charge in [-0.1, -0.05) is 18.2 Å². The highest BCUT2D eigenvalue weighted by Crippen LogP contribution is 2.37. The van der Waals surface area contributed by atoms with Crippen molar-refractivity contribution in [2.45, 2.75) is 32.0 Å². The van der Waals surface area contributed by atoms with Crippen LogP contribution in [0.2, 0.25) is 0 Å². The molecule has 0 amide bonds. The van der Waals surface area contributed by atoms with Crippen LogP contribution in [0, 0.1) is 5.92 Å². The molecule has 0 aromatic heterocycles. The molecule has 1 N–H and O–H groups in total. The Labute approximate surface area is 120 Å². The first-order chi connectivity index (χ1) is 9.79. The van der Waals surface area contributed by atoms with Crippen LogP contribution in [0.25, 0.3) is 5.57 Å². The average Bonchev–Trinajstić information content (AvgIpc) is 2.54. The van der Waals surface area contributed by atoms with Gasteiger partial charge in [0, 0.05) is 25.9 Å². The third kappa shape index (κ3) is 2.66. The van der Waals surface area contributed by atoms with Gasteiger partial charge in [-0.3, -0.25) is 0 Å². The van der Waals surface area contributed by atoms with Crippen LogP contribution in [-0.4, -0.2) is 25.4 Å². The summed E-state index contributed by atoms with van der Waals surface area (Å²) in [6.45, 7) is 1.72. The van der Waals surface area contributed by atoms with Crippen LogP contribution in [-0.2, 0) is 15.9 Å². The number of rotatable bonds is 3. The van der Waals surface area contributed by atoms with E-state index in [9.17, 15) is 5.11 Å². The van der Waals surface area contributed by atoms with E-state index in [0.29, 0.717) is 5.92 Å². The molecule has 0 bridgehead atoms. The minimum atomic E-state index is -0.835. The number of benzene rings is 1. The van der Waals surface area contributed by atoms with E-state index >= 15 is 0 Å². The number of allylic oxidation sites excluding steroid dienone is 2. The summed E-state index contributed by atoms with van der Waals surface area (Å²) in [4.78, 5) is 0. The van der Waals surface area contributed by atoms with E-state index in [1.807, 2.05) is 6.07 Å². The van der Waals surface area contributed by atoms with Crippen LogP contribution >= 0.6 is 0 Å². The van der Waals surface area contributed by atoms with E-state index in [4.69, 9.17) is 9.47 Å². The Hall–Kier alpha value is -1.16. The molecular weight excluding hydrogens is 252 g/mol. The van der Waals surface area contributed by atoms with Crippen LogP contribution in [0.4, 0.5) is 0 Å². The fourth-order valence-corrected chi connectivity index (χ4v) is 3.26. The number of hydrogen-bond acceptors (Lipinski definition) is 3. The zero-order valence-electron chi connectivity index (χ0n) is 12.0. The van der Waals surface area contributed by atoms with Gasteiger partial charge < -0.3 is 14.6 Å². The second kappa shape index (κ2) is 6.08. The van der Waals surface area contributed by atoms with Crippen molar-refractivity contribution in [1.29, 1.82) is 0 Å². The van der Waals surface area contributed by atoms with Gasteiger partial charge in [0.05, 0.1) is 0 Å². The summed E-state index contributed by atoms with van der Waals surface area (Å²) in [6, 6.07) is 6.21. The minimum Gasteiger partial charge on any atom is -0.381 e. The minimum absolute atomic E-state index is 0.595. The highest BCUT2D eigenvalue weighted by Gasteiger charge is 2.24. The smallest absolute Gasteiger partial charge is 0.180 e. The zero-order chi connectivity index (χ0) is 13.9. The number of aryl methyl sites for hydroxylation is 1. The molecule has 0 saturated carbocycles. The molecule has 1 unspecified atom stereocenters. The summed E-state index contributed by atoms with van der Waals surface area (Å²) in [7, 11) is 1.53. The lowest BCUT2D eigenvalue weighted by atomic mass is 9.80. The molecule has 3 rings (SSSR count). The van der Waals surface area contributed by atoms with Gasteiger partial charge in [0.2, 0.25) is 0 Å². The highest BCUT2D eigenvalue weighted by molar-refractivity contribution is 5.72. The van der Waals surface area contributed by atoms with Gasteiger partial charge in [0.15, 0.2) is 6.29 Å². The summed E-state index contributed by atoms with van der Waals surface area (Å²) in [5, 5.41) is 9.87. The third-order valence-corrected chi connectivity index (χ3v) is 4.39. The SMILES string of the molecule is COC(O)c1ccc2c(c1)C(C1CCOCC1)=CCC2. The molecule has 1 saturated heterocycles. The lowest BCUT2D eigenvalue weighted by molar-refractivity contribution is -0.0769. The molecule has 108 valence electrons. The molecule has 1 aliphatic heterocycles. The van der Waals surface area contributed by atoms with Gasteiger partial charge in [-0.25, -0.2) is 0 Å². The standard InChI is InChI=1S/C17H22O3/c1-19-17(18)14-6-5-12-3-2-4-15(16(12)11-14)13-7-9-20-10-8-13/h4-6,11,13,17-18H,2-3,7-10H2,1H3. The predicted octanol–water partition coefficient (Wildman–Crippen LogP) is 3.08. The molecule has 1 aliphatic carbocycles. The van der Waals surface area contributed by atoms with Gasteiger partial charge in [0.25, 0.3) is 0 Å². The molecule has 1 aromatic carbocycles. The van der Waals surface area contributed by atoms with E-state index in [2.05, 4.69) is 18.2 Å². The lowest BCUT2D eigenvalue weighted by Gasteiger charge is -2.29. The third-order valence-electron chi connectivity index (χ3n) is 4.39. The van der Waals surface area contributed by atoms with Crippen LogP contribution in [0.3, 0.4) is 0 Å². The number of methoxy groups -OCH3 is 1. The molecule has 2 aliphatic rings. The normalized spacial score (nSPS) is 21.2. The van der Waals surface area contributed by atoms with Crippen molar-refractivity contribution in [3.63, 3.8) is 0 Å². The summed E-state index contributed by atoms with van der Waals surface area (Å²) < 4.78 is 10.5. The van der Waals surface area contributed by atoms with Crippen LogP contribution in [0.5, 0.6) is 0 Å². The first-order valence-corrected chi connectivity index (χ1v) is 7.41. The van der Waals surface area contributed by atoms with Crippen molar-refractivity contribution in [1.82, 2.24) is 0 Å². The van der Waals surface area contributed by atoms with Crippen molar-refractivity contribution in [2.75, 3.05) is 20.3 Å². The fourth-order valence-electron chi connectivity index (χ4n) is 3.26. The van der Waals surface area contributed by atoms with Gasteiger partial charge in [-0.05, 0) is 54.4 Å². The van der Waals surface area contributed by atoms with Crippen LogP contribution in [0.15, 0.2) is 24.3 Å². The second-order valence-corrected chi connectivity index (χ2v) is 5.59. The summed E-state index contributed by atoms with van der Waals surface area (Å²) in [5.74, 6) is 0.595. The topological polar surface area (TPSA) is 38.7 Å². The number of ether oxygens (including phenoxy) is 2. The number of aliphatic hydroxyl groups excluding tert-OH is 1. The van der Waals surface area contributed by atoms with Gasteiger partial charge >= 0.3 is 0 Å². The summed E-state index contributed by atoms with van der Waals surface area (Å²) in [6.07, 6.45) is 5.95. The first kappa shape index (κ1) is 13.8. The molecule has 20 heavy (non-hydrogen) atoms. The quantitative estimate of drug-likeness (QED) is 0.861. The Bertz CT molecular complexity index is 501. The molecule has 1 atom stereocenters. The van der Waals surface area contributed by atoms with Gasteiger partial charge in [-0.15, -0.1) is 0 Å². The average molecular weight is 274 g/mol. The maximum Gasteiger partial charge on any atom is 0.180 e. The Kier molecular flexibility index (Phi) is 4.20. The zero-order valence-corrected chi connectivity index (χ0v) is 12.0. The van der Waals surface area contributed by atoms with E-state index in [1.165, 1.54) is 23.8 Å². The van der Waals surface area contributed by atoms with Crippen molar-refractivity contribution in [2.24, 2.45) is 5.92 Å². The maximum absolute atomic E-state index is 9.87. The van der Waals surface area contributed by atoms with Gasteiger partial charge in [-0.2, -0.15) is 0 Å². The molecular formula is C17H22O3. The molecule has 0 spiro atoms. The van der Waals surface area contributed by atoms with E-state index in [-0.39, 0.29) is 0 Å². The predicted molar refractivity (Wildman–Crippen MR) is 78.3 cm³/mol. The molecule has 3 heteroatoms. The Morgan fingerprint density at radius 1 is 1.30 bits per heavy atom. The van der Waals surface area contributed by atoms with E-state index in [0.717, 1.165) is 44.5 Å². The maximum atomic E-state index is 9.87. The lowest BCUT2D eigenvalue weighted by Crippen LogP contribution is -2.19. The van der Waals surface area contributed by atoms with Crippen LogP contribution < -0.4 is 0 Å². The highest BCUT2D eigenvalue weighted by atomic mass is 16.6. The molecule has 1 heterocycles. The molecule has 3 nitrogen and oxygen atoms in total. The largest absolute Gasteiger partial charge is 0.381 e. The number of hydrogen-bond donors (Lipinski definition) is 1. The van der Waals surface area contributed by atoms with Crippen molar-refractivity contribution < 1.29 is 14.6 Å². The van der Waals surface area contributed by atoms with E-state index in [1.54, 1.807) is 0 Å². The molecule has 1 aromatic rings. The Morgan fingerprint density at radius 3 is 2.85 bits per heavy atom. The summed E-state index contributed by atoms with van der Waals surface area (Å²) in [5.41, 5.74) is 4.98.